The maximum Gasteiger partial charge on any atom is 0.338 e. The number of para-hydroxylation sites is 1. The zero-order valence-corrected chi connectivity index (χ0v) is 17.2. The van der Waals surface area contributed by atoms with Gasteiger partial charge in [0, 0.05) is 30.2 Å². The van der Waals surface area contributed by atoms with E-state index in [4.69, 9.17) is 4.74 Å². The fraction of sp³-hybridized carbons (Fsp3) is 0.217. The molecule has 0 amide bonds. The van der Waals surface area contributed by atoms with Gasteiger partial charge in [-0.05, 0) is 42.3 Å². The van der Waals surface area contributed by atoms with Gasteiger partial charge in [-0.3, -0.25) is 9.36 Å². The van der Waals surface area contributed by atoms with E-state index in [1.807, 2.05) is 24.3 Å². The van der Waals surface area contributed by atoms with Gasteiger partial charge in [-0.1, -0.05) is 18.2 Å². The van der Waals surface area contributed by atoms with Crippen LogP contribution in [-0.2, 0) is 13.5 Å². The van der Waals surface area contributed by atoms with Gasteiger partial charge in [0.05, 0.1) is 18.8 Å². The topological polar surface area (TPSA) is 101 Å². The molecule has 2 aromatic carbocycles. The van der Waals surface area contributed by atoms with Gasteiger partial charge in [0.1, 0.15) is 11.3 Å². The number of hydrogen-bond donors (Lipinski definition) is 3. The van der Waals surface area contributed by atoms with E-state index in [9.17, 15) is 14.7 Å². The van der Waals surface area contributed by atoms with Gasteiger partial charge in [0.15, 0.2) is 0 Å². The molecule has 4 aromatic rings. The molecule has 0 bridgehead atoms. The minimum Gasteiger partial charge on any atom is -0.497 e. The Balaban J connectivity index is 1.75. The Morgan fingerprint density at radius 1 is 1.10 bits per heavy atom. The Morgan fingerprint density at radius 3 is 2.58 bits per heavy atom. The van der Waals surface area contributed by atoms with Gasteiger partial charge in [-0.25, -0.2) is 9.36 Å². The number of aromatic nitrogens is 3. The molecule has 1 aliphatic rings. The van der Waals surface area contributed by atoms with Gasteiger partial charge < -0.3 is 20.1 Å². The summed E-state index contributed by atoms with van der Waals surface area (Å²) in [6.45, 7) is 0.643. The molecule has 5 rings (SSSR count). The number of aromatic amines is 1. The number of aromatic hydroxyl groups is 1. The van der Waals surface area contributed by atoms with Crippen LogP contribution < -0.4 is 21.3 Å². The van der Waals surface area contributed by atoms with Crippen LogP contribution in [0.2, 0.25) is 0 Å². The van der Waals surface area contributed by atoms with Crippen LogP contribution in [0.5, 0.6) is 11.6 Å². The van der Waals surface area contributed by atoms with Crippen LogP contribution in [0.3, 0.4) is 0 Å². The molecule has 3 heterocycles. The van der Waals surface area contributed by atoms with E-state index < -0.39 is 17.3 Å². The number of benzene rings is 2. The normalized spacial score (nSPS) is 15.7. The maximum absolute atomic E-state index is 13.5. The van der Waals surface area contributed by atoms with E-state index in [0.29, 0.717) is 18.0 Å². The highest BCUT2D eigenvalue weighted by Gasteiger charge is 2.32. The van der Waals surface area contributed by atoms with E-state index in [2.05, 4.69) is 10.3 Å². The van der Waals surface area contributed by atoms with E-state index in [-0.39, 0.29) is 11.4 Å². The first-order valence-electron chi connectivity index (χ1n) is 10.0. The predicted octanol–water partition coefficient (Wildman–Crippen LogP) is 1.97. The molecule has 1 aliphatic heterocycles. The smallest absolute Gasteiger partial charge is 0.338 e. The Labute approximate surface area is 177 Å². The number of methoxy groups -OCH3 is 1. The van der Waals surface area contributed by atoms with Crippen molar-refractivity contribution in [3.8, 4) is 17.3 Å². The lowest BCUT2D eigenvalue weighted by Crippen LogP contribution is -2.43. The van der Waals surface area contributed by atoms with E-state index in [0.717, 1.165) is 37.7 Å². The van der Waals surface area contributed by atoms with Gasteiger partial charge in [0.2, 0.25) is 5.88 Å². The summed E-state index contributed by atoms with van der Waals surface area (Å²) in [5, 5.41) is 15.3. The van der Waals surface area contributed by atoms with Crippen molar-refractivity contribution in [2.75, 3.05) is 13.7 Å². The molecule has 0 saturated carbocycles. The van der Waals surface area contributed by atoms with Crippen molar-refractivity contribution in [2.45, 2.75) is 12.5 Å². The molecule has 0 unspecified atom stereocenters. The van der Waals surface area contributed by atoms with Gasteiger partial charge in [-0.2, -0.15) is 0 Å². The molecular weight excluding hydrogens is 396 g/mol. The van der Waals surface area contributed by atoms with Crippen LogP contribution in [0.4, 0.5) is 0 Å². The summed E-state index contributed by atoms with van der Waals surface area (Å²) < 4.78 is 7.34. The lowest BCUT2D eigenvalue weighted by Gasteiger charge is -2.26. The van der Waals surface area contributed by atoms with Crippen LogP contribution in [0.25, 0.3) is 16.6 Å². The zero-order valence-electron chi connectivity index (χ0n) is 17.2. The van der Waals surface area contributed by atoms with Crippen molar-refractivity contribution < 1.29 is 9.84 Å². The molecule has 3 N–H and O–H groups in total. The Bertz CT molecular complexity index is 1410. The second-order valence-electron chi connectivity index (χ2n) is 7.62. The number of hydrogen-bond acceptors (Lipinski definition) is 5. The van der Waals surface area contributed by atoms with E-state index >= 15 is 0 Å². The van der Waals surface area contributed by atoms with Crippen molar-refractivity contribution in [1.82, 2.24) is 19.4 Å². The third-order valence-corrected chi connectivity index (χ3v) is 5.95. The minimum absolute atomic E-state index is 0.130. The predicted molar refractivity (Wildman–Crippen MR) is 117 cm³/mol. The number of rotatable bonds is 3. The van der Waals surface area contributed by atoms with E-state index in [1.54, 1.807) is 31.4 Å². The molecule has 0 spiro atoms. The number of ether oxygens (including phenoxy) is 1. The van der Waals surface area contributed by atoms with Crippen LogP contribution in [0.1, 0.15) is 22.9 Å². The summed E-state index contributed by atoms with van der Waals surface area (Å²) in [5.41, 5.74) is 2.27. The van der Waals surface area contributed by atoms with Crippen LogP contribution in [-0.4, -0.2) is 32.9 Å². The first-order valence-corrected chi connectivity index (χ1v) is 10.0. The van der Waals surface area contributed by atoms with Crippen molar-refractivity contribution in [3.63, 3.8) is 0 Å². The minimum atomic E-state index is -0.621. The molecule has 8 heteroatoms. The van der Waals surface area contributed by atoms with Crippen molar-refractivity contribution in [1.29, 1.82) is 0 Å². The van der Waals surface area contributed by atoms with Crippen LogP contribution >= 0.6 is 0 Å². The molecule has 158 valence electrons. The quantitative estimate of drug-likeness (QED) is 0.472. The standard InChI is InChI=1S/C23H22N4O4/c1-26-21(28)18(22(29)27(23(26)30)13-7-9-14(31-2)10-8-13)20-19-16(11-12-24-20)15-5-3-4-6-17(15)25-19/h3-10,20,24-25,28H,11-12H2,1-2H3/t20-/m1/s1. The average molecular weight is 418 g/mol. The van der Waals surface area contributed by atoms with Crippen molar-refractivity contribution in [3.05, 3.63) is 86.2 Å². The molecule has 0 saturated heterocycles. The monoisotopic (exact) mass is 418 g/mol. The number of nitrogens with one attached hydrogen (secondary N) is 2. The molecule has 8 nitrogen and oxygen atoms in total. The number of fused-ring (bicyclic) bond motifs is 3. The molecule has 2 aromatic heterocycles. The van der Waals surface area contributed by atoms with Gasteiger partial charge in [0.25, 0.3) is 5.56 Å². The average Bonchev–Trinajstić information content (AvgIpc) is 3.18. The second kappa shape index (κ2) is 7.17. The largest absolute Gasteiger partial charge is 0.497 e. The molecule has 0 radical (unpaired) electrons. The lowest BCUT2D eigenvalue weighted by atomic mass is 9.95. The molecule has 1 atom stereocenters. The summed E-state index contributed by atoms with van der Waals surface area (Å²) in [6, 6.07) is 14.0. The SMILES string of the molecule is COc1ccc(-n2c(=O)c([C@H]3NCCc4c3[nH]c3ccccc43)c(O)n(C)c2=O)cc1. The first kappa shape index (κ1) is 19.2. The van der Waals surface area contributed by atoms with Crippen LogP contribution in [0, 0.1) is 0 Å². The molecular formula is C23H22N4O4. The number of nitrogens with zero attached hydrogens (tertiary/aromatic N) is 2. The van der Waals surface area contributed by atoms with Gasteiger partial charge in [-0.15, -0.1) is 0 Å². The lowest BCUT2D eigenvalue weighted by molar-refractivity contribution is 0.394. The Hall–Kier alpha value is -3.78. The molecule has 0 fully saturated rings. The Morgan fingerprint density at radius 2 is 1.84 bits per heavy atom. The number of H-pyrrole nitrogens is 1. The summed E-state index contributed by atoms with van der Waals surface area (Å²) in [6.07, 6.45) is 0.801. The third-order valence-electron chi connectivity index (χ3n) is 5.95. The molecule has 31 heavy (non-hydrogen) atoms. The van der Waals surface area contributed by atoms with E-state index in [1.165, 1.54) is 7.05 Å². The highest BCUT2D eigenvalue weighted by Crippen LogP contribution is 2.34. The summed E-state index contributed by atoms with van der Waals surface area (Å²) in [7, 11) is 3.00. The molecule has 0 aliphatic carbocycles. The fourth-order valence-electron chi connectivity index (χ4n) is 4.36. The van der Waals surface area contributed by atoms with Gasteiger partial charge >= 0.3 is 5.69 Å². The highest BCUT2D eigenvalue weighted by atomic mass is 16.5. The summed E-state index contributed by atoms with van der Waals surface area (Å²) >= 11 is 0. The van der Waals surface area contributed by atoms with Crippen molar-refractivity contribution >= 4 is 10.9 Å². The van der Waals surface area contributed by atoms with Crippen molar-refractivity contribution in [2.24, 2.45) is 7.05 Å². The summed E-state index contributed by atoms with van der Waals surface area (Å²) in [4.78, 5) is 29.8. The second-order valence-corrected chi connectivity index (χ2v) is 7.62. The van der Waals surface area contributed by atoms with Crippen LogP contribution in [0.15, 0.2) is 58.1 Å². The highest BCUT2D eigenvalue weighted by molar-refractivity contribution is 5.85. The third kappa shape index (κ3) is 2.87. The Kier molecular flexibility index (Phi) is 4.44. The zero-order chi connectivity index (χ0) is 21.7. The maximum atomic E-state index is 13.5. The fourth-order valence-corrected chi connectivity index (χ4v) is 4.36. The summed E-state index contributed by atoms with van der Waals surface area (Å²) in [5.74, 6) is 0.271. The first-order chi connectivity index (χ1) is 15.0.